The molecule has 1 atom stereocenters. The molecule has 0 spiro atoms. The van der Waals surface area contributed by atoms with Crippen molar-refractivity contribution >= 4 is 17.7 Å². The number of rotatable bonds is 11. The lowest BCUT2D eigenvalue weighted by Gasteiger charge is -2.38. The summed E-state index contributed by atoms with van der Waals surface area (Å²) in [6.07, 6.45) is 1.06. The Kier molecular flexibility index (Phi) is 10.4. The van der Waals surface area contributed by atoms with Gasteiger partial charge in [0, 0.05) is 36.3 Å². The van der Waals surface area contributed by atoms with E-state index >= 15 is 0 Å². The van der Waals surface area contributed by atoms with Crippen LogP contribution in [0.1, 0.15) is 59.4 Å². The second kappa shape index (κ2) is 12.8. The van der Waals surface area contributed by atoms with Crippen LogP contribution in [0.5, 0.6) is 0 Å². The van der Waals surface area contributed by atoms with Gasteiger partial charge >= 0.3 is 0 Å². The molecule has 1 aliphatic heterocycles. The molecule has 8 heteroatoms. The third-order valence-electron chi connectivity index (χ3n) is 6.30. The number of allylic oxidation sites excluding steroid dienone is 1. The van der Waals surface area contributed by atoms with E-state index in [1.54, 1.807) is 24.0 Å². The van der Waals surface area contributed by atoms with Crippen LogP contribution in [0.2, 0.25) is 0 Å². The lowest BCUT2D eigenvalue weighted by molar-refractivity contribution is -0.139. The van der Waals surface area contributed by atoms with Crippen LogP contribution in [0, 0.1) is 11.7 Å². The average Bonchev–Trinajstić information content (AvgIpc) is 2.76. The van der Waals surface area contributed by atoms with E-state index in [-0.39, 0.29) is 55.0 Å². The molecule has 1 unspecified atom stereocenters. The van der Waals surface area contributed by atoms with E-state index in [1.165, 1.54) is 12.1 Å². The largest absolute Gasteiger partial charge is 0.356 e. The van der Waals surface area contributed by atoms with Gasteiger partial charge in [0.2, 0.25) is 11.8 Å². The first-order valence-electron chi connectivity index (χ1n) is 12.4. The van der Waals surface area contributed by atoms with Gasteiger partial charge in [0.05, 0.1) is 12.5 Å². The highest BCUT2D eigenvalue weighted by atomic mass is 19.1. The van der Waals surface area contributed by atoms with E-state index in [2.05, 4.69) is 5.32 Å². The van der Waals surface area contributed by atoms with Gasteiger partial charge < -0.3 is 20.0 Å². The molecular weight excluding hydrogens is 447 g/mol. The summed E-state index contributed by atoms with van der Waals surface area (Å²) in [7, 11) is 3.95. The Morgan fingerprint density at radius 3 is 2.26 bits per heavy atom. The molecule has 1 aliphatic rings. The first-order valence-corrected chi connectivity index (χ1v) is 12.4. The molecule has 1 N–H and O–H groups in total. The number of nitrogens with zero attached hydrogens (tertiary/aromatic N) is 3. The van der Waals surface area contributed by atoms with Crippen molar-refractivity contribution < 1.29 is 18.8 Å². The van der Waals surface area contributed by atoms with Crippen molar-refractivity contribution in [1.82, 2.24) is 20.0 Å². The van der Waals surface area contributed by atoms with Crippen LogP contribution in [-0.4, -0.2) is 71.7 Å². The SMILES string of the molecule is CC1=C(C(=O)N(C(C)C)C(C)C)CC(CC(=O)NCCCN(C)C)C(=O)N1Cc1ccc(F)cc1. The van der Waals surface area contributed by atoms with Gasteiger partial charge in [-0.3, -0.25) is 14.4 Å². The first-order chi connectivity index (χ1) is 16.4. The fourth-order valence-electron chi connectivity index (χ4n) is 4.54. The molecule has 0 fully saturated rings. The summed E-state index contributed by atoms with van der Waals surface area (Å²) in [4.78, 5) is 45.2. The van der Waals surface area contributed by atoms with Crippen LogP contribution in [0.25, 0.3) is 0 Å². The number of benzene rings is 1. The van der Waals surface area contributed by atoms with Crippen molar-refractivity contribution in [3.63, 3.8) is 0 Å². The lowest BCUT2D eigenvalue weighted by Crippen LogP contribution is -2.47. The molecule has 7 nitrogen and oxygen atoms in total. The maximum atomic E-state index is 13.6. The molecule has 1 aromatic carbocycles. The van der Waals surface area contributed by atoms with Crippen LogP contribution in [-0.2, 0) is 20.9 Å². The Balaban J connectivity index is 2.31. The molecule has 0 aliphatic carbocycles. The number of hydrogen-bond donors (Lipinski definition) is 1. The van der Waals surface area contributed by atoms with Gasteiger partial charge in [-0.2, -0.15) is 0 Å². The van der Waals surface area contributed by atoms with Crippen LogP contribution in [0.3, 0.4) is 0 Å². The van der Waals surface area contributed by atoms with Crippen molar-refractivity contribution in [1.29, 1.82) is 0 Å². The maximum Gasteiger partial charge on any atom is 0.252 e. The summed E-state index contributed by atoms with van der Waals surface area (Å²) in [5, 5.41) is 2.90. The quantitative estimate of drug-likeness (QED) is 0.484. The second-order valence-corrected chi connectivity index (χ2v) is 10.1. The van der Waals surface area contributed by atoms with E-state index in [9.17, 15) is 18.8 Å². The second-order valence-electron chi connectivity index (χ2n) is 10.1. The van der Waals surface area contributed by atoms with Crippen molar-refractivity contribution in [2.45, 2.75) is 72.5 Å². The predicted octanol–water partition coefficient (Wildman–Crippen LogP) is 3.55. The zero-order valence-corrected chi connectivity index (χ0v) is 22.2. The van der Waals surface area contributed by atoms with Crippen molar-refractivity contribution in [2.24, 2.45) is 5.92 Å². The van der Waals surface area contributed by atoms with E-state index < -0.39 is 5.92 Å². The van der Waals surface area contributed by atoms with Gasteiger partial charge in [0.25, 0.3) is 5.91 Å². The van der Waals surface area contributed by atoms with Crippen LogP contribution < -0.4 is 5.32 Å². The summed E-state index contributed by atoms with van der Waals surface area (Å²) in [5.41, 5.74) is 1.90. The topological polar surface area (TPSA) is 73.0 Å². The third-order valence-corrected chi connectivity index (χ3v) is 6.30. The van der Waals surface area contributed by atoms with E-state index in [0.717, 1.165) is 18.5 Å². The summed E-state index contributed by atoms with van der Waals surface area (Å²) in [6, 6.07) is 5.95. The lowest BCUT2D eigenvalue weighted by atomic mass is 9.87. The van der Waals surface area contributed by atoms with Gasteiger partial charge in [-0.25, -0.2) is 4.39 Å². The fourth-order valence-corrected chi connectivity index (χ4v) is 4.54. The van der Waals surface area contributed by atoms with Crippen molar-refractivity contribution in [3.05, 3.63) is 46.9 Å². The molecule has 0 aromatic heterocycles. The van der Waals surface area contributed by atoms with Crippen LogP contribution in [0.4, 0.5) is 4.39 Å². The molecule has 1 heterocycles. The van der Waals surface area contributed by atoms with Gasteiger partial charge in [-0.15, -0.1) is 0 Å². The number of nitrogens with one attached hydrogen (secondary N) is 1. The Morgan fingerprint density at radius 1 is 1.11 bits per heavy atom. The van der Waals surface area contributed by atoms with Crippen molar-refractivity contribution in [2.75, 3.05) is 27.2 Å². The summed E-state index contributed by atoms with van der Waals surface area (Å²) in [6.45, 7) is 11.3. The predicted molar refractivity (Wildman–Crippen MR) is 136 cm³/mol. The average molecular weight is 489 g/mol. The fraction of sp³-hybridized carbons (Fsp3) is 0.593. The Morgan fingerprint density at radius 2 is 1.71 bits per heavy atom. The Bertz CT molecular complexity index is 917. The van der Waals surface area contributed by atoms with Gasteiger partial charge in [-0.05, 0) is 85.8 Å². The minimum Gasteiger partial charge on any atom is -0.356 e. The normalized spacial score (nSPS) is 16.5. The standard InChI is InChI=1S/C27H41FN4O3/c1-18(2)32(19(3)4)27(35)24-15-22(16-25(33)29-13-8-14-30(6)7)26(34)31(20(24)5)17-21-9-11-23(28)12-10-21/h9-12,18-19,22H,8,13-17H2,1-7H3,(H,29,33). The Labute approximate surface area is 209 Å². The number of carbonyl (C=O) groups is 3. The summed E-state index contributed by atoms with van der Waals surface area (Å²) in [5.74, 6) is -1.48. The molecule has 1 aromatic rings. The summed E-state index contributed by atoms with van der Waals surface area (Å²) >= 11 is 0. The Hall–Kier alpha value is -2.74. The zero-order valence-electron chi connectivity index (χ0n) is 22.2. The van der Waals surface area contributed by atoms with Gasteiger partial charge in [-0.1, -0.05) is 12.1 Å². The molecule has 2 rings (SSSR count). The number of carbonyl (C=O) groups excluding carboxylic acids is 3. The molecule has 0 saturated heterocycles. The van der Waals surface area contributed by atoms with Gasteiger partial charge in [0.15, 0.2) is 0 Å². The monoisotopic (exact) mass is 488 g/mol. The van der Waals surface area contributed by atoms with Crippen molar-refractivity contribution in [3.8, 4) is 0 Å². The smallest absolute Gasteiger partial charge is 0.252 e. The molecular formula is C27H41FN4O3. The number of amides is 3. The van der Waals surface area contributed by atoms with Gasteiger partial charge in [0.1, 0.15) is 5.82 Å². The maximum absolute atomic E-state index is 13.6. The number of halogens is 1. The molecule has 0 saturated carbocycles. The molecule has 3 amide bonds. The molecule has 0 bridgehead atoms. The summed E-state index contributed by atoms with van der Waals surface area (Å²) < 4.78 is 13.4. The third kappa shape index (κ3) is 7.88. The molecule has 0 radical (unpaired) electrons. The highest BCUT2D eigenvalue weighted by molar-refractivity contribution is 5.98. The first kappa shape index (κ1) is 28.5. The number of hydrogen-bond acceptors (Lipinski definition) is 4. The van der Waals surface area contributed by atoms with Crippen LogP contribution >= 0.6 is 0 Å². The minimum atomic E-state index is -0.631. The minimum absolute atomic E-state index is 0.00979. The highest BCUT2D eigenvalue weighted by Gasteiger charge is 2.38. The highest BCUT2D eigenvalue weighted by Crippen LogP contribution is 2.32. The van der Waals surface area contributed by atoms with E-state index in [0.29, 0.717) is 17.8 Å². The molecule has 35 heavy (non-hydrogen) atoms. The van der Waals surface area contributed by atoms with Crippen LogP contribution in [0.15, 0.2) is 35.5 Å². The van der Waals surface area contributed by atoms with E-state index in [4.69, 9.17) is 0 Å². The van der Waals surface area contributed by atoms with E-state index in [1.807, 2.05) is 51.6 Å². The zero-order chi connectivity index (χ0) is 26.3. The molecule has 194 valence electrons.